The molecule has 1 unspecified atom stereocenters. The summed E-state index contributed by atoms with van der Waals surface area (Å²) in [6.45, 7) is 2.96. The number of nitrogens with zero attached hydrogens (tertiary/aromatic N) is 2. The number of likely N-dealkylation sites (N-methyl/N-ethyl adjacent to an activating group) is 2. The summed E-state index contributed by atoms with van der Waals surface area (Å²) in [5.41, 5.74) is 1.24. The van der Waals surface area contributed by atoms with Gasteiger partial charge in [0.2, 0.25) is 23.6 Å². The van der Waals surface area contributed by atoms with E-state index in [0.29, 0.717) is 22.9 Å². The molecular formula is C39H44N4O6. The molecule has 10 nitrogen and oxygen atoms in total. The molecule has 0 saturated heterocycles. The maximum atomic E-state index is 13.9. The molecule has 4 aromatic rings. The number of nitrogens with one attached hydrogen (secondary N) is 2. The lowest BCUT2D eigenvalue weighted by molar-refractivity contribution is -0.144. The first-order chi connectivity index (χ1) is 23.4. The number of carbonyl (C=O) groups excluding carboxylic acids is 4. The molecular weight excluding hydrogens is 620 g/mol. The summed E-state index contributed by atoms with van der Waals surface area (Å²) in [6, 6.07) is 30.7. The summed E-state index contributed by atoms with van der Waals surface area (Å²) in [4.78, 5) is 58.5. The van der Waals surface area contributed by atoms with Gasteiger partial charge in [0.1, 0.15) is 29.0 Å². The average Bonchev–Trinajstić information content (AvgIpc) is 3.13. The SMILES string of the molecule is COc1ccc(N(C)C(=O)C(Cc2ccccc2)NC(=O)C(C)(C)C(=O)N[C@@H](Cc2ccccc2)C(=O)N(C)c2ccc(OC)cc2)cc1. The zero-order valence-corrected chi connectivity index (χ0v) is 28.8. The van der Waals surface area contributed by atoms with Crippen molar-refractivity contribution < 1.29 is 28.7 Å². The Labute approximate surface area is 288 Å². The molecule has 0 aliphatic rings. The Morgan fingerprint density at radius 1 is 0.571 bits per heavy atom. The van der Waals surface area contributed by atoms with Gasteiger partial charge in [0.05, 0.1) is 14.2 Å². The Kier molecular flexibility index (Phi) is 12.2. The third-order valence-corrected chi connectivity index (χ3v) is 8.49. The Morgan fingerprint density at radius 2 is 0.898 bits per heavy atom. The van der Waals surface area contributed by atoms with Crippen molar-refractivity contribution in [3.8, 4) is 11.5 Å². The van der Waals surface area contributed by atoms with Crippen molar-refractivity contribution in [2.75, 3.05) is 38.1 Å². The van der Waals surface area contributed by atoms with Gasteiger partial charge in [0, 0.05) is 38.3 Å². The third-order valence-electron chi connectivity index (χ3n) is 8.49. The fourth-order valence-electron chi connectivity index (χ4n) is 5.21. The van der Waals surface area contributed by atoms with Crippen LogP contribution in [0.5, 0.6) is 11.5 Å². The molecule has 4 amide bonds. The Balaban J connectivity index is 1.56. The van der Waals surface area contributed by atoms with Crippen LogP contribution in [0.25, 0.3) is 0 Å². The summed E-state index contributed by atoms with van der Waals surface area (Å²) >= 11 is 0. The molecule has 4 rings (SSSR count). The number of anilines is 2. The molecule has 0 aliphatic heterocycles. The van der Waals surface area contributed by atoms with Crippen molar-refractivity contribution in [2.45, 2.75) is 38.8 Å². The molecule has 256 valence electrons. The number of ether oxygens (including phenoxy) is 2. The van der Waals surface area contributed by atoms with E-state index < -0.39 is 29.3 Å². The number of hydrogen-bond donors (Lipinski definition) is 2. The minimum Gasteiger partial charge on any atom is -0.497 e. The number of amides is 4. The van der Waals surface area contributed by atoms with Crippen LogP contribution in [0.3, 0.4) is 0 Å². The van der Waals surface area contributed by atoms with Gasteiger partial charge in [0.15, 0.2) is 0 Å². The van der Waals surface area contributed by atoms with Crippen LogP contribution in [0, 0.1) is 5.41 Å². The third kappa shape index (κ3) is 9.25. The number of hydrogen-bond acceptors (Lipinski definition) is 6. The smallest absolute Gasteiger partial charge is 0.249 e. The average molecular weight is 665 g/mol. The van der Waals surface area contributed by atoms with Gasteiger partial charge < -0.3 is 29.9 Å². The highest BCUT2D eigenvalue weighted by Gasteiger charge is 2.40. The van der Waals surface area contributed by atoms with Gasteiger partial charge in [-0.25, -0.2) is 0 Å². The topological polar surface area (TPSA) is 117 Å². The maximum Gasteiger partial charge on any atom is 0.249 e. The molecule has 2 N–H and O–H groups in total. The van der Waals surface area contributed by atoms with E-state index in [1.165, 1.54) is 23.6 Å². The van der Waals surface area contributed by atoms with E-state index in [2.05, 4.69) is 10.6 Å². The van der Waals surface area contributed by atoms with E-state index in [9.17, 15) is 19.2 Å². The van der Waals surface area contributed by atoms with Crippen LogP contribution >= 0.6 is 0 Å². The van der Waals surface area contributed by atoms with Gasteiger partial charge >= 0.3 is 0 Å². The van der Waals surface area contributed by atoms with Gasteiger partial charge in [-0.2, -0.15) is 0 Å². The van der Waals surface area contributed by atoms with Crippen LogP contribution in [0.2, 0.25) is 0 Å². The first kappa shape index (κ1) is 36.2. The molecule has 0 fully saturated rings. The summed E-state index contributed by atoms with van der Waals surface area (Å²) in [5, 5.41) is 5.70. The zero-order valence-electron chi connectivity index (χ0n) is 28.8. The largest absolute Gasteiger partial charge is 0.497 e. The second kappa shape index (κ2) is 16.5. The minimum absolute atomic E-state index is 0.200. The normalized spacial score (nSPS) is 12.2. The molecule has 0 spiro atoms. The highest BCUT2D eigenvalue weighted by molar-refractivity contribution is 6.08. The summed E-state index contributed by atoms with van der Waals surface area (Å²) in [5.74, 6) is -0.751. The molecule has 0 bridgehead atoms. The number of benzene rings is 4. The molecule has 4 aromatic carbocycles. The van der Waals surface area contributed by atoms with E-state index in [4.69, 9.17) is 9.47 Å². The van der Waals surface area contributed by atoms with Gasteiger partial charge in [-0.05, 0) is 73.5 Å². The fraction of sp³-hybridized carbons (Fsp3) is 0.282. The van der Waals surface area contributed by atoms with Crippen molar-refractivity contribution in [3.05, 3.63) is 120 Å². The maximum absolute atomic E-state index is 13.9. The van der Waals surface area contributed by atoms with E-state index >= 15 is 0 Å². The quantitative estimate of drug-likeness (QED) is 0.187. The van der Waals surface area contributed by atoms with Gasteiger partial charge in [-0.1, -0.05) is 60.7 Å². The Morgan fingerprint density at radius 3 is 1.20 bits per heavy atom. The highest BCUT2D eigenvalue weighted by Crippen LogP contribution is 2.23. The molecule has 49 heavy (non-hydrogen) atoms. The number of carbonyl (C=O) groups is 4. The van der Waals surface area contributed by atoms with Crippen molar-refractivity contribution in [1.29, 1.82) is 0 Å². The van der Waals surface area contributed by atoms with E-state index in [0.717, 1.165) is 11.1 Å². The van der Waals surface area contributed by atoms with Gasteiger partial charge in [-0.3, -0.25) is 19.2 Å². The van der Waals surface area contributed by atoms with Gasteiger partial charge in [-0.15, -0.1) is 0 Å². The monoisotopic (exact) mass is 664 g/mol. The van der Waals surface area contributed by atoms with Crippen molar-refractivity contribution in [3.63, 3.8) is 0 Å². The molecule has 0 heterocycles. The number of rotatable bonds is 14. The minimum atomic E-state index is -1.65. The van der Waals surface area contributed by atoms with Gasteiger partial charge in [0.25, 0.3) is 0 Å². The van der Waals surface area contributed by atoms with E-state index in [1.54, 1.807) is 76.8 Å². The molecule has 2 atom stereocenters. The highest BCUT2D eigenvalue weighted by atomic mass is 16.5. The first-order valence-electron chi connectivity index (χ1n) is 16.0. The predicted octanol–water partition coefficient (Wildman–Crippen LogP) is 4.81. The van der Waals surface area contributed by atoms with Crippen LogP contribution in [-0.2, 0) is 32.0 Å². The predicted molar refractivity (Wildman–Crippen MR) is 191 cm³/mol. The fourth-order valence-corrected chi connectivity index (χ4v) is 5.21. The summed E-state index contributed by atoms with van der Waals surface area (Å²) in [6.07, 6.45) is 0.400. The van der Waals surface area contributed by atoms with Crippen LogP contribution in [0.15, 0.2) is 109 Å². The lowest BCUT2D eigenvalue weighted by atomic mass is 9.89. The van der Waals surface area contributed by atoms with Crippen molar-refractivity contribution in [1.82, 2.24) is 10.6 Å². The lowest BCUT2D eigenvalue weighted by Gasteiger charge is -2.31. The second-order valence-electron chi connectivity index (χ2n) is 12.2. The van der Waals surface area contributed by atoms with Crippen molar-refractivity contribution in [2.24, 2.45) is 5.41 Å². The summed E-state index contributed by atoms with van der Waals surface area (Å²) < 4.78 is 10.5. The van der Waals surface area contributed by atoms with Crippen LogP contribution in [-0.4, -0.2) is 64.0 Å². The Hall–Kier alpha value is -5.64. The second-order valence-corrected chi connectivity index (χ2v) is 12.2. The molecule has 0 aliphatic carbocycles. The standard InChI is InChI=1S/C39H44N4O6/c1-39(2,37(46)40-33(25-27-13-9-7-10-14-27)35(44)42(3)29-17-21-31(48-5)22-18-29)38(47)41-34(26-28-15-11-8-12-16-28)36(45)43(4)30-19-23-32(49-6)24-20-30/h7-24,33-34H,25-26H2,1-6H3,(H,40,46)(H,41,47)/t33-,34?/m0/s1. The summed E-state index contributed by atoms with van der Waals surface area (Å²) in [7, 11) is 6.38. The van der Waals surface area contributed by atoms with E-state index in [-0.39, 0.29) is 24.7 Å². The molecule has 10 heteroatoms. The van der Waals surface area contributed by atoms with Crippen LogP contribution in [0.1, 0.15) is 25.0 Å². The lowest BCUT2D eigenvalue weighted by Crippen LogP contribution is -2.58. The molecule has 0 aromatic heterocycles. The van der Waals surface area contributed by atoms with Crippen LogP contribution in [0.4, 0.5) is 11.4 Å². The zero-order chi connectivity index (χ0) is 35.6. The molecule has 0 saturated carbocycles. The van der Waals surface area contributed by atoms with Crippen LogP contribution < -0.4 is 29.9 Å². The first-order valence-corrected chi connectivity index (χ1v) is 16.0. The number of methoxy groups -OCH3 is 2. The van der Waals surface area contributed by atoms with E-state index in [1.807, 2.05) is 60.7 Å². The van der Waals surface area contributed by atoms with Crippen molar-refractivity contribution >= 4 is 35.0 Å². The molecule has 0 radical (unpaired) electrons. The Bertz CT molecular complexity index is 1580.